The molecule has 1 unspecified atom stereocenters. The highest BCUT2D eigenvalue weighted by Gasteiger charge is 2.54. The molecule has 0 saturated carbocycles. The highest BCUT2D eigenvalue weighted by Crippen LogP contribution is 2.47. The predicted octanol–water partition coefficient (Wildman–Crippen LogP) is 1.97. The van der Waals surface area contributed by atoms with Crippen LogP contribution < -0.4 is 10.1 Å². The molecule has 5 heteroatoms. The number of amides is 1. The van der Waals surface area contributed by atoms with E-state index in [9.17, 15) is 4.79 Å². The summed E-state index contributed by atoms with van der Waals surface area (Å²) in [6.07, 6.45) is 0.486. The van der Waals surface area contributed by atoms with E-state index in [-0.39, 0.29) is 5.91 Å². The van der Waals surface area contributed by atoms with Crippen LogP contribution in [-0.2, 0) is 15.1 Å². The van der Waals surface area contributed by atoms with E-state index in [1.807, 2.05) is 45.0 Å². The topological polar surface area (TPSA) is 59.9 Å². The zero-order valence-electron chi connectivity index (χ0n) is 11.9. The summed E-state index contributed by atoms with van der Waals surface area (Å²) in [6.45, 7) is 6.26. The van der Waals surface area contributed by atoms with Gasteiger partial charge in [0.15, 0.2) is 5.54 Å². The maximum atomic E-state index is 12.5. The average Bonchev–Trinajstić information content (AvgIpc) is 2.65. The van der Waals surface area contributed by atoms with Crippen molar-refractivity contribution in [3.63, 3.8) is 0 Å². The van der Waals surface area contributed by atoms with Crippen LogP contribution in [0.1, 0.15) is 32.8 Å². The lowest BCUT2D eigenvalue weighted by atomic mass is 9.78. The van der Waals surface area contributed by atoms with Crippen LogP contribution in [0, 0.1) is 0 Å². The molecule has 1 spiro atoms. The monoisotopic (exact) mass is 274 g/mol. The number of aliphatic imine (C=N–C) groups is 1. The Bertz CT molecular complexity index is 595. The number of benzene rings is 1. The number of carbonyl (C=O) groups excluding carboxylic acids is 1. The molecule has 0 aromatic heterocycles. The van der Waals surface area contributed by atoms with Crippen molar-refractivity contribution in [2.45, 2.75) is 38.3 Å². The third-order valence-corrected chi connectivity index (χ3v) is 3.57. The molecule has 0 fully saturated rings. The molecule has 5 nitrogen and oxygen atoms in total. The number of para-hydroxylation sites is 1. The van der Waals surface area contributed by atoms with Crippen molar-refractivity contribution in [2.24, 2.45) is 4.99 Å². The number of hydrogen-bond acceptors (Lipinski definition) is 4. The van der Waals surface area contributed by atoms with Crippen molar-refractivity contribution < 1.29 is 14.3 Å². The molecule has 1 aromatic rings. The number of fused-ring (bicyclic) bond motifs is 2. The zero-order valence-corrected chi connectivity index (χ0v) is 11.9. The second-order valence-electron chi connectivity index (χ2n) is 5.70. The number of amidine groups is 1. The highest BCUT2D eigenvalue weighted by atomic mass is 16.5. The number of nitrogens with one attached hydrogen (secondary N) is 1. The van der Waals surface area contributed by atoms with Crippen LogP contribution >= 0.6 is 0 Å². The molecule has 1 amide bonds. The van der Waals surface area contributed by atoms with Gasteiger partial charge in [-0.1, -0.05) is 18.2 Å². The lowest BCUT2D eigenvalue weighted by Crippen LogP contribution is -2.48. The Balaban J connectivity index is 2.15. The number of nitrogens with zero attached hydrogens (tertiary/aromatic N) is 1. The molecule has 3 rings (SSSR count). The molecule has 0 bridgehead atoms. The van der Waals surface area contributed by atoms with Gasteiger partial charge < -0.3 is 9.47 Å². The summed E-state index contributed by atoms with van der Waals surface area (Å²) < 4.78 is 11.3. The molecule has 0 saturated heterocycles. The van der Waals surface area contributed by atoms with Gasteiger partial charge in [0.05, 0.1) is 6.61 Å². The molecule has 1 atom stereocenters. The van der Waals surface area contributed by atoms with Gasteiger partial charge in [0.25, 0.3) is 11.9 Å². The van der Waals surface area contributed by atoms with Crippen LogP contribution in [0.3, 0.4) is 0 Å². The largest absolute Gasteiger partial charge is 0.487 e. The SMILES string of the molecule is CCOC1=NC2(CC(C)(C)Oc3ccccc32)C(=O)N1. The van der Waals surface area contributed by atoms with Crippen LogP contribution in [0.25, 0.3) is 0 Å². The predicted molar refractivity (Wildman–Crippen MR) is 74.6 cm³/mol. The van der Waals surface area contributed by atoms with Gasteiger partial charge in [0.1, 0.15) is 11.4 Å². The molecular formula is C15H18N2O3. The Kier molecular flexibility index (Phi) is 2.74. The highest BCUT2D eigenvalue weighted by molar-refractivity contribution is 6.06. The summed E-state index contributed by atoms with van der Waals surface area (Å²) in [7, 11) is 0. The van der Waals surface area contributed by atoms with Gasteiger partial charge in [0, 0.05) is 12.0 Å². The molecule has 20 heavy (non-hydrogen) atoms. The molecule has 2 heterocycles. The van der Waals surface area contributed by atoms with E-state index in [1.165, 1.54) is 0 Å². The first-order valence-corrected chi connectivity index (χ1v) is 6.79. The van der Waals surface area contributed by atoms with E-state index >= 15 is 0 Å². The molecule has 0 aliphatic carbocycles. The van der Waals surface area contributed by atoms with Crippen LogP contribution in [-0.4, -0.2) is 24.1 Å². The summed E-state index contributed by atoms with van der Waals surface area (Å²) in [5.41, 5.74) is -0.605. The Labute approximate surface area is 118 Å². The lowest BCUT2D eigenvalue weighted by Gasteiger charge is -2.40. The first kappa shape index (κ1) is 13.0. The first-order chi connectivity index (χ1) is 9.47. The summed E-state index contributed by atoms with van der Waals surface area (Å²) in [5, 5.41) is 2.73. The summed E-state index contributed by atoms with van der Waals surface area (Å²) in [6, 6.07) is 7.85. The second kappa shape index (κ2) is 4.23. The minimum Gasteiger partial charge on any atom is -0.487 e. The molecular weight excluding hydrogens is 256 g/mol. The maximum absolute atomic E-state index is 12.5. The molecule has 0 radical (unpaired) electrons. The third kappa shape index (κ3) is 1.85. The number of hydrogen-bond donors (Lipinski definition) is 1. The van der Waals surface area contributed by atoms with E-state index in [0.29, 0.717) is 24.8 Å². The molecule has 1 aromatic carbocycles. The zero-order chi connectivity index (χ0) is 14.4. The van der Waals surface area contributed by atoms with Gasteiger partial charge in [-0.15, -0.1) is 0 Å². The molecule has 106 valence electrons. The van der Waals surface area contributed by atoms with Crippen molar-refractivity contribution in [3.05, 3.63) is 29.8 Å². The fourth-order valence-corrected chi connectivity index (χ4v) is 2.90. The van der Waals surface area contributed by atoms with Crippen molar-refractivity contribution in [2.75, 3.05) is 6.61 Å². The smallest absolute Gasteiger partial charge is 0.292 e. The van der Waals surface area contributed by atoms with Gasteiger partial charge in [0.2, 0.25) is 0 Å². The van der Waals surface area contributed by atoms with Crippen LogP contribution in [0.5, 0.6) is 5.75 Å². The molecule has 1 N–H and O–H groups in total. The summed E-state index contributed by atoms with van der Waals surface area (Å²) in [4.78, 5) is 17.1. The van der Waals surface area contributed by atoms with Crippen molar-refractivity contribution in [1.82, 2.24) is 5.32 Å². The number of carbonyl (C=O) groups is 1. The van der Waals surface area contributed by atoms with Gasteiger partial charge in [-0.2, -0.15) is 0 Å². The van der Waals surface area contributed by atoms with Crippen LogP contribution in [0.2, 0.25) is 0 Å². The minimum absolute atomic E-state index is 0.148. The van der Waals surface area contributed by atoms with Gasteiger partial charge >= 0.3 is 0 Å². The van der Waals surface area contributed by atoms with Gasteiger partial charge in [-0.05, 0) is 26.8 Å². The Morgan fingerprint density at radius 2 is 2.15 bits per heavy atom. The molecule has 2 aliphatic rings. The maximum Gasteiger partial charge on any atom is 0.292 e. The summed E-state index contributed by atoms with van der Waals surface area (Å²) in [5.74, 6) is 0.560. The van der Waals surface area contributed by atoms with Crippen molar-refractivity contribution in [1.29, 1.82) is 0 Å². The van der Waals surface area contributed by atoms with Crippen LogP contribution in [0.4, 0.5) is 0 Å². The number of rotatable bonds is 1. The lowest BCUT2D eigenvalue weighted by molar-refractivity contribution is -0.127. The van der Waals surface area contributed by atoms with Gasteiger partial charge in [-0.25, -0.2) is 4.99 Å². The summed E-state index contributed by atoms with van der Waals surface area (Å²) >= 11 is 0. The Hall–Kier alpha value is -2.04. The van der Waals surface area contributed by atoms with E-state index < -0.39 is 11.1 Å². The fourth-order valence-electron chi connectivity index (χ4n) is 2.90. The standard InChI is InChI=1S/C15H18N2O3/c1-4-19-13-16-12(18)15(17-13)9-14(2,3)20-11-8-6-5-7-10(11)15/h5-8H,4,9H2,1-3H3,(H,16,17,18). The van der Waals surface area contributed by atoms with Crippen molar-refractivity contribution in [3.8, 4) is 5.75 Å². The van der Waals surface area contributed by atoms with E-state index in [2.05, 4.69) is 10.3 Å². The van der Waals surface area contributed by atoms with E-state index in [4.69, 9.17) is 9.47 Å². The normalized spacial score (nSPS) is 26.6. The quantitative estimate of drug-likeness (QED) is 0.851. The third-order valence-electron chi connectivity index (χ3n) is 3.57. The molecule has 2 aliphatic heterocycles. The van der Waals surface area contributed by atoms with Crippen molar-refractivity contribution >= 4 is 11.9 Å². The minimum atomic E-state index is -0.942. The number of ether oxygens (including phenoxy) is 2. The van der Waals surface area contributed by atoms with Crippen LogP contribution in [0.15, 0.2) is 29.3 Å². The second-order valence-corrected chi connectivity index (χ2v) is 5.70. The Morgan fingerprint density at radius 3 is 2.90 bits per heavy atom. The van der Waals surface area contributed by atoms with E-state index in [1.54, 1.807) is 0 Å². The van der Waals surface area contributed by atoms with E-state index in [0.717, 1.165) is 5.56 Å². The Morgan fingerprint density at radius 1 is 1.40 bits per heavy atom. The first-order valence-electron chi connectivity index (χ1n) is 6.79. The van der Waals surface area contributed by atoms with Gasteiger partial charge in [-0.3, -0.25) is 10.1 Å². The average molecular weight is 274 g/mol. The fraction of sp³-hybridized carbons (Fsp3) is 0.467.